The number of phenolic OH excluding ortho intramolecular Hbond substituents is 1. The number of aromatic hydroxyl groups is 1. The normalized spacial score (nSPS) is 13.9. The van der Waals surface area contributed by atoms with Crippen LogP contribution in [-0.4, -0.2) is 46.8 Å². The minimum absolute atomic E-state index is 0.145. The van der Waals surface area contributed by atoms with Gasteiger partial charge in [0.15, 0.2) is 0 Å². The van der Waals surface area contributed by atoms with Crippen LogP contribution >= 0.6 is 0 Å². The number of carbonyl (C=O) groups excluding carboxylic acids is 1. The van der Waals surface area contributed by atoms with Crippen LogP contribution in [0.5, 0.6) is 5.75 Å². The van der Waals surface area contributed by atoms with Gasteiger partial charge in [-0.15, -0.1) is 0 Å². The molecule has 2 atom stereocenters. The molecular weight excluding hydrogens is 244 g/mol. The molecule has 1 amide bonds. The van der Waals surface area contributed by atoms with Crippen molar-refractivity contribution in [3.05, 3.63) is 29.8 Å². The lowest BCUT2D eigenvalue weighted by atomic mass is 10.1. The molecule has 1 aromatic carbocycles. The average molecular weight is 266 g/mol. The minimum Gasteiger partial charge on any atom is -0.508 e. The van der Waals surface area contributed by atoms with Gasteiger partial charge >= 0.3 is 0 Å². The number of phenols is 1. The molecule has 1 rings (SSSR count). The molecule has 1 aromatic rings. The van der Waals surface area contributed by atoms with E-state index >= 15 is 0 Å². The van der Waals surface area contributed by atoms with Crippen molar-refractivity contribution in [1.82, 2.24) is 4.90 Å². The van der Waals surface area contributed by atoms with Crippen LogP contribution in [0.15, 0.2) is 24.3 Å². The van der Waals surface area contributed by atoms with Crippen LogP contribution in [0.3, 0.4) is 0 Å². The standard InChI is InChI=1S/C14H22N2O3/c1-10(17)7-8-16(2)14(19)13(15)9-11-3-5-12(18)6-4-11/h3-6,10,13,17-18H,7-9,15H2,1-2H3/t10?,13-/m1/s1. The Morgan fingerprint density at radius 1 is 1.37 bits per heavy atom. The van der Waals surface area contributed by atoms with Crippen molar-refractivity contribution < 1.29 is 15.0 Å². The highest BCUT2D eigenvalue weighted by molar-refractivity contribution is 5.81. The fourth-order valence-electron chi connectivity index (χ4n) is 1.75. The lowest BCUT2D eigenvalue weighted by Crippen LogP contribution is -2.43. The monoisotopic (exact) mass is 266 g/mol. The number of nitrogens with zero attached hydrogens (tertiary/aromatic N) is 1. The second-order valence-electron chi connectivity index (χ2n) is 4.87. The maximum absolute atomic E-state index is 12.0. The number of hydrogen-bond acceptors (Lipinski definition) is 4. The first-order valence-electron chi connectivity index (χ1n) is 6.36. The molecule has 0 aliphatic heterocycles. The zero-order valence-electron chi connectivity index (χ0n) is 11.4. The topological polar surface area (TPSA) is 86.8 Å². The number of carbonyl (C=O) groups is 1. The van der Waals surface area contributed by atoms with Crippen molar-refractivity contribution in [2.24, 2.45) is 5.73 Å². The van der Waals surface area contributed by atoms with Gasteiger partial charge in [0.05, 0.1) is 12.1 Å². The number of aliphatic hydroxyl groups is 1. The Bertz CT molecular complexity index is 404. The quantitative estimate of drug-likeness (QED) is 0.699. The first-order valence-corrected chi connectivity index (χ1v) is 6.36. The van der Waals surface area contributed by atoms with Gasteiger partial charge in [-0.2, -0.15) is 0 Å². The smallest absolute Gasteiger partial charge is 0.239 e. The van der Waals surface area contributed by atoms with Gasteiger partial charge in [-0.1, -0.05) is 12.1 Å². The highest BCUT2D eigenvalue weighted by Crippen LogP contribution is 2.11. The Balaban J connectivity index is 2.50. The zero-order chi connectivity index (χ0) is 14.4. The van der Waals surface area contributed by atoms with Crippen LogP contribution in [0.4, 0.5) is 0 Å². The van der Waals surface area contributed by atoms with Gasteiger partial charge in [0.1, 0.15) is 5.75 Å². The fourth-order valence-corrected chi connectivity index (χ4v) is 1.75. The molecule has 5 nitrogen and oxygen atoms in total. The van der Waals surface area contributed by atoms with Crippen LogP contribution < -0.4 is 5.73 Å². The van der Waals surface area contributed by atoms with E-state index in [9.17, 15) is 15.0 Å². The molecule has 0 fully saturated rings. The van der Waals surface area contributed by atoms with Gasteiger partial charge in [0, 0.05) is 13.6 Å². The van der Waals surface area contributed by atoms with E-state index in [1.165, 1.54) is 4.90 Å². The number of hydrogen-bond donors (Lipinski definition) is 3. The Morgan fingerprint density at radius 3 is 2.47 bits per heavy atom. The summed E-state index contributed by atoms with van der Waals surface area (Å²) in [4.78, 5) is 13.5. The molecule has 0 aromatic heterocycles. The SMILES string of the molecule is CC(O)CCN(C)C(=O)[C@H](N)Cc1ccc(O)cc1. The summed E-state index contributed by atoms with van der Waals surface area (Å²) in [5.41, 5.74) is 6.78. The van der Waals surface area contributed by atoms with Crippen molar-refractivity contribution in [1.29, 1.82) is 0 Å². The molecule has 0 aliphatic carbocycles. The van der Waals surface area contributed by atoms with Crippen molar-refractivity contribution in [3.63, 3.8) is 0 Å². The second-order valence-corrected chi connectivity index (χ2v) is 4.87. The van der Waals surface area contributed by atoms with Crippen LogP contribution in [0.2, 0.25) is 0 Å². The summed E-state index contributed by atoms with van der Waals surface area (Å²) in [6, 6.07) is 6.03. The van der Waals surface area contributed by atoms with Crippen LogP contribution in [0, 0.1) is 0 Å². The highest BCUT2D eigenvalue weighted by atomic mass is 16.3. The second kappa shape index (κ2) is 7.11. The van der Waals surface area contributed by atoms with Crippen molar-refractivity contribution >= 4 is 5.91 Å². The van der Waals surface area contributed by atoms with E-state index in [0.29, 0.717) is 19.4 Å². The molecule has 4 N–H and O–H groups in total. The Morgan fingerprint density at radius 2 is 1.95 bits per heavy atom. The maximum Gasteiger partial charge on any atom is 0.239 e. The molecule has 0 bridgehead atoms. The molecule has 1 unspecified atom stereocenters. The number of likely N-dealkylation sites (N-methyl/N-ethyl adjacent to an activating group) is 1. The van der Waals surface area contributed by atoms with Crippen molar-refractivity contribution in [2.45, 2.75) is 31.9 Å². The van der Waals surface area contributed by atoms with Gasteiger partial charge in [0.25, 0.3) is 0 Å². The Labute approximate surface area is 113 Å². The van der Waals surface area contributed by atoms with Gasteiger partial charge < -0.3 is 20.8 Å². The van der Waals surface area contributed by atoms with Crippen molar-refractivity contribution in [2.75, 3.05) is 13.6 Å². The van der Waals surface area contributed by atoms with Gasteiger partial charge in [0.2, 0.25) is 5.91 Å². The summed E-state index contributed by atoms with van der Waals surface area (Å²) in [5.74, 6) is 0.0476. The number of amides is 1. The Hall–Kier alpha value is -1.59. The minimum atomic E-state index is -0.608. The van der Waals surface area contributed by atoms with E-state index in [1.54, 1.807) is 38.2 Å². The molecule has 19 heavy (non-hydrogen) atoms. The Kier molecular flexibility index (Phi) is 5.79. The average Bonchev–Trinajstić information content (AvgIpc) is 2.37. The van der Waals surface area contributed by atoms with E-state index < -0.39 is 12.1 Å². The lowest BCUT2D eigenvalue weighted by Gasteiger charge is -2.22. The summed E-state index contributed by atoms with van der Waals surface area (Å²) in [6.45, 7) is 2.18. The third-order valence-corrected chi connectivity index (χ3v) is 2.97. The number of benzene rings is 1. The van der Waals surface area contributed by atoms with Crippen LogP contribution in [0.1, 0.15) is 18.9 Å². The molecular formula is C14H22N2O3. The molecule has 5 heteroatoms. The van der Waals surface area contributed by atoms with Gasteiger partial charge in [-0.05, 0) is 37.5 Å². The predicted molar refractivity (Wildman–Crippen MR) is 73.7 cm³/mol. The first kappa shape index (κ1) is 15.5. The third kappa shape index (κ3) is 5.28. The molecule has 0 radical (unpaired) electrons. The molecule has 0 aliphatic rings. The number of nitrogens with two attached hydrogens (primary N) is 1. The van der Waals surface area contributed by atoms with Crippen LogP contribution in [-0.2, 0) is 11.2 Å². The highest BCUT2D eigenvalue weighted by Gasteiger charge is 2.18. The largest absolute Gasteiger partial charge is 0.508 e. The summed E-state index contributed by atoms with van der Waals surface area (Å²) in [7, 11) is 1.68. The molecule has 0 saturated heterocycles. The van der Waals surface area contributed by atoms with Gasteiger partial charge in [-0.3, -0.25) is 4.79 Å². The summed E-state index contributed by atoms with van der Waals surface area (Å²) >= 11 is 0. The molecule has 106 valence electrons. The molecule has 0 heterocycles. The predicted octanol–water partition coefficient (Wildman–Crippen LogP) is 0.491. The van der Waals surface area contributed by atoms with E-state index in [0.717, 1.165) is 5.56 Å². The third-order valence-electron chi connectivity index (χ3n) is 2.97. The molecule has 0 saturated carbocycles. The van der Waals surface area contributed by atoms with Gasteiger partial charge in [-0.25, -0.2) is 0 Å². The maximum atomic E-state index is 12.0. The van der Waals surface area contributed by atoms with E-state index in [4.69, 9.17) is 5.73 Å². The van der Waals surface area contributed by atoms with E-state index in [1.807, 2.05) is 0 Å². The zero-order valence-corrected chi connectivity index (χ0v) is 11.4. The first-order chi connectivity index (χ1) is 8.90. The lowest BCUT2D eigenvalue weighted by molar-refractivity contribution is -0.131. The van der Waals surface area contributed by atoms with E-state index in [-0.39, 0.29) is 11.7 Å². The summed E-state index contributed by atoms with van der Waals surface area (Å²) < 4.78 is 0. The van der Waals surface area contributed by atoms with E-state index in [2.05, 4.69) is 0 Å². The summed E-state index contributed by atoms with van der Waals surface area (Å²) in [5, 5.41) is 18.4. The van der Waals surface area contributed by atoms with Crippen molar-refractivity contribution in [3.8, 4) is 5.75 Å². The fraction of sp³-hybridized carbons (Fsp3) is 0.500. The summed E-state index contributed by atoms with van der Waals surface area (Å²) in [6.07, 6.45) is 0.537. The van der Waals surface area contributed by atoms with Crippen LogP contribution in [0.25, 0.3) is 0 Å². The number of aliphatic hydroxyl groups excluding tert-OH is 1. The number of rotatable bonds is 6. The molecule has 0 spiro atoms.